The molecule has 1 aromatic carbocycles. The minimum Gasteiger partial charge on any atom is -0.330 e. The average molecular weight is 450 g/mol. The number of aromatic amines is 1. The summed E-state index contributed by atoms with van der Waals surface area (Å²) in [5, 5.41) is 23.1. The van der Waals surface area contributed by atoms with E-state index in [0.29, 0.717) is 31.9 Å². The number of nitrogens with zero attached hydrogens (tertiary/aromatic N) is 7. The fraction of sp³-hybridized carbons (Fsp3) is 0.545. The zero-order chi connectivity index (χ0) is 23.1. The van der Waals surface area contributed by atoms with Gasteiger partial charge in [0.05, 0.1) is 24.2 Å². The monoisotopic (exact) mass is 449 g/mol. The summed E-state index contributed by atoms with van der Waals surface area (Å²) in [5.74, 6) is 0.488. The second kappa shape index (κ2) is 8.53. The van der Waals surface area contributed by atoms with Crippen molar-refractivity contribution in [1.82, 2.24) is 35.3 Å². The average Bonchev–Trinajstić information content (AvgIpc) is 3.62. The fourth-order valence-electron chi connectivity index (χ4n) is 5.47. The van der Waals surface area contributed by atoms with Gasteiger partial charge < -0.3 is 15.5 Å². The van der Waals surface area contributed by atoms with E-state index >= 15 is 0 Å². The van der Waals surface area contributed by atoms with Crippen LogP contribution in [-0.2, 0) is 9.59 Å². The summed E-state index contributed by atoms with van der Waals surface area (Å²) in [6.07, 6.45) is 2.27. The van der Waals surface area contributed by atoms with Gasteiger partial charge in [-0.2, -0.15) is 5.26 Å². The summed E-state index contributed by atoms with van der Waals surface area (Å²) in [5.41, 5.74) is 8.15. The van der Waals surface area contributed by atoms with Gasteiger partial charge in [-0.3, -0.25) is 14.5 Å². The molecule has 5 atom stereocenters. The van der Waals surface area contributed by atoms with Gasteiger partial charge in [-0.15, -0.1) is 5.10 Å². The Kier molecular flexibility index (Phi) is 5.55. The van der Waals surface area contributed by atoms with Crippen LogP contribution in [0.3, 0.4) is 0 Å². The normalized spacial score (nSPS) is 26.6. The lowest BCUT2D eigenvalue weighted by Gasteiger charge is -2.38. The largest absolute Gasteiger partial charge is 0.330 e. The predicted octanol–water partition coefficient (Wildman–Crippen LogP) is 0.0547. The number of tetrazole rings is 1. The third-order valence-electron chi connectivity index (χ3n) is 7.18. The molecular weight excluding hydrogens is 422 g/mol. The van der Waals surface area contributed by atoms with E-state index in [9.17, 15) is 14.9 Å². The lowest BCUT2D eigenvalue weighted by atomic mass is 10.0. The van der Waals surface area contributed by atoms with E-state index in [4.69, 9.17) is 5.73 Å². The molecule has 1 aromatic heterocycles. The Morgan fingerprint density at radius 3 is 2.82 bits per heavy atom. The van der Waals surface area contributed by atoms with Crippen LogP contribution in [0, 0.1) is 11.3 Å². The molecule has 11 nitrogen and oxygen atoms in total. The van der Waals surface area contributed by atoms with Crippen LogP contribution in [0.5, 0.6) is 0 Å². The molecule has 3 fully saturated rings. The molecule has 0 saturated carbocycles. The molecule has 3 aliphatic rings. The molecule has 0 aliphatic carbocycles. The van der Waals surface area contributed by atoms with Gasteiger partial charge >= 0.3 is 0 Å². The van der Waals surface area contributed by atoms with Crippen molar-refractivity contribution < 1.29 is 9.59 Å². The molecule has 0 radical (unpaired) electrons. The van der Waals surface area contributed by atoms with Crippen molar-refractivity contribution in [1.29, 1.82) is 5.26 Å². The highest BCUT2D eigenvalue weighted by molar-refractivity contribution is 5.87. The van der Waals surface area contributed by atoms with Crippen LogP contribution in [0.1, 0.15) is 37.8 Å². The smallest absolute Gasteiger partial charge is 0.241 e. The molecule has 11 heteroatoms. The quantitative estimate of drug-likeness (QED) is 0.629. The minimum atomic E-state index is -0.727. The summed E-state index contributed by atoms with van der Waals surface area (Å²) in [6, 6.07) is 8.73. The lowest BCUT2D eigenvalue weighted by molar-refractivity contribution is -0.140. The van der Waals surface area contributed by atoms with Gasteiger partial charge in [-0.25, -0.2) is 5.10 Å². The first-order valence-corrected chi connectivity index (χ1v) is 11.3. The van der Waals surface area contributed by atoms with Crippen LogP contribution >= 0.6 is 0 Å². The summed E-state index contributed by atoms with van der Waals surface area (Å²) >= 11 is 0. The topological polar surface area (TPSA) is 148 Å². The SMILES string of the molecule is C[C@@H](c1ccc(-c2nnn[nH]2)cc1)N1C(=O)C2C[C@H]1CN2CC(N)C(=O)N1CCCC1C#N. The number of rotatable bonds is 6. The van der Waals surface area contributed by atoms with Gasteiger partial charge in [-0.1, -0.05) is 24.3 Å². The molecule has 3 aliphatic heterocycles. The molecular formula is C22H27N9O2. The van der Waals surface area contributed by atoms with Gasteiger partial charge in [0.1, 0.15) is 6.04 Å². The number of hydrogen-bond donors (Lipinski definition) is 2. The molecule has 33 heavy (non-hydrogen) atoms. The number of carbonyl (C=O) groups is 2. The predicted molar refractivity (Wildman–Crippen MR) is 117 cm³/mol. The third kappa shape index (κ3) is 3.75. The van der Waals surface area contributed by atoms with E-state index in [-0.39, 0.29) is 36.0 Å². The Hall–Kier alpha value is -3.36. The highest BCUT2D eigenvalue weighted by atomic mass is 16.2. The molecule has 0 spiro atoms. The van der Waals surface area contributed by atoms with Gasteiger partial charge in [0.15, 0.2) is 5.82 Å². The molecule has 3 N–H and O–H groups in total. The maximum atomic E-state index is 13.2. The summed E-state index contributed by atoms with van der Waals surface area (Å²) in [7, 11) is 0. The van der Waals surface area contributed by atoms with Crippen molar-refractivity contribution in [2.24, 2.45) is 5.73 Å². The first kappa shape index (κ1) is 21.5. The van der Waals surface area contributed by atoms with Crippen LogP contribution in [0.15, 0.2) is 24.3 Å². The number of amides is 2. The number of likely N-dealkylation sites (tertiary alicyclic amines) is 3. The number of carbonyl (C=O) groups excluding carboxylic acids is 2. The maximum Gasteiger partial charge on any atom is 0.241 e. The Morgan fingerprint density at radius 2 is 2.15 bits per heavy atom. The molecule has 5 rings (SSSR count). The number of aromatic nitrogens is 4. The van der Waals surface area contributed by atoms with Crippen LogP contribution < -0.4 is 5.73 Å². The maximum absolute atomic E-state index is 13.2. The van der Waals surface area contributed by atoms with Gasteiger partial charge in [0, 0.05) is 31.2 Å². The first-order chi connectivity index (χ1) is 16.0. The van der Waals surface area contributed by atoms with Gasteiger partial charge in [0.25, 0.3) is 0 Å². The van der Waals surface area contributed by atoms with Crippen LogP contribution in [0.25, 0.3) is 11.4 Å². The van der Waals surface area contributed by atoms with Crippen LogP contribution in [-0.4, -0.2) is 90.9 Å². The highest BCUT2D eigenvalue weighted by Gasteiger charge is 2.51. The molecule has 2 bridgehead atoms. The van der Waals surface area contributed by atoms with Crippen molar-refractivity contribution in [3.63, 3.8) is 0 Å². The zero-order valence-corrected chi connectivity index (χ0v) is 18.5. The van der Waals surface area contributed by atoms with E-state index < -0.39 is 6.04 Å². The van der Waals surface area contributed by atoms with Crippen LogP contribution in [0.2, 0.25) is 0 Å². The van der Waals surface area contributed by atoms with Crippen molar-refractivity contribution in [2.45, 2.75) is 56.4 Å². The van der Waals surface area contributed by atoms with E-state index in [1.165, 1.54) is 0 Å². The van der Waals surface area contributed by atoms with Crippen molar-refractivity contribution in [3.05, 3.63) is 29.8 Å². The van der Waals surface area contributed by atoms with Crippen molar-refractivity contribution in [3.8, 4) is 17.5 Å². The van der Waals surface area contributed by atoms with E-state index in [2.05, 4.69) is 26.7 Å². The van der Waals surface area contributed by atoms with E-state index in [1.807, 2.05) is 41.0 Å². The van der Waals surface area contributed by atoms with Crippen molar-refractivity contribution >= 4 is 11.8 Å². The third-order valence-corrected chi connectivity index (χ3v) is 7.18. The van der Waals surface area contributed by atoms with Gasteiger partial charge in [0.2, 0.25) is 11.8 Å². The second-order valence-corrected chi connectivity index (χ2v) is 9.08. The first-order valence-electron chi connectivity index (χ1n) is 11.3. The zero-order valence-electron chi connectivity index (χ0n) is 18.5. The molecule has 2 aromatic rings. The standard InChI is InChI=1S/C22H27N9O2/c1-13(14-4-6-15(7-5-14)20-25-27-28-26-20)31-17-9-19(22(31)33)29(11-17)12-18(24)21(32)30-8-2-3-16(30)10-23/h4-7,13,16-19H,2-3,8-9,11-12,24H2,1H3,(H,25,26,27,28)/t13-,16?,17-,18?,19?/m0/s1. The Bertz CT molecular complexity index is 1060. The number of fused-ring (bicyclic) bond motifs is 2. The molecule has 172 valence electrons. The fourth-order valence-corrected chi connectivity index (χ4v) is 5.47. The highest BCUT2D eigenvalue weighted by Crippen LogP contribution is 2.38. The molecule has 3 saturated heterocycles. The number of nitrogens with two attached hydrogens (primary N) is 1. The van der Waals surface area contributed by atoms with Gasteiger partial charge in [-0.05, 0) is 42.2 Å². The number of benzene rings is 1. The lowest BCUT2D eigenvalue weighted by Crippen LogP contribution is -2.56. The van der Waals surface area contributed by atoms with E-state index in [1.54, 1.807) is 4.90 Å². The molecule has 3 unspecified atom stereocenters. The van der Waals surface area contributed by atoms with Crippen LogP contribution in [0.4, 0.5) is 0 Å². The number of nitriles is 1. The Balaban J connectivity index is 1.22. The molecule has 4 heterocycles. The van der Waals surface area contributed by atoms with E-state index in [0.717, 1.165) is 24.0 Å². The number of piperazine rings is 1. The summed E-state index contributed by atoms with van der Waals surface area (Å²) in [4.78, 5) is 31.6. The summed E-state index contributed by atoms with van der Waals surface area (Å²) < 4.78 is 0. The molecule has 2 amide bonds. The van der Waals surface area contributed by atoms with Crippen molar-refractivity contribution in [2.75, 3.05) is 19.6 Å². The number of H-pyrrole nitrogens is 1. The minimum absolute atomic E-state index is 0.0622. The second-order valence-electron chi connectivity index (χ2n) is 9.08. The number of hydrogen-bond acceptors (Lipinski definition) is 8. The Labute approximate surface area is 191 Å². The number of nitrogens with one attached hydrogen (secondary N) is 1. The summed E-state index contributed by atoms with van der Waals surface area (Å²) in [6.45, 7) is 3.65. The Morgan fingerprint density at radius 1 is 1.36 bits per heavy atom.